The van der Waals surface area contributed by atoms with Crippen LogP contribution < -0.4 is 0 Å². The summed E-state index contributed by atoms with van der Waals surface area (Å²) in [5.41, 5.74) is -0.482. The summed E-state index contributed by atoms with van der Waals surface area (Å²) in [4.78, 5) is 17.3. The number of carboxylic acid groups (broad SMARTS) is 1. The number of hydrogen-bond donors (Lipinski definition) is 1. The van der Waals surface area contributed by atoms with Crippen LogP contribution in [0.5, 0.6) is 0 Å². The third-order valence-electron chi connectivity index (χ3n) is 1.10. The van der Waals surface area contributed by atoms with E-state index in [4.69, 9.17) is 22.0 Å². The molecular weight excluding hydrogens is 182 g/mol. The molecule has 6 heteroatoms. The van der Waals surface area contributed by atoms with E-state index in [-0.39, 0.29) is 16.5 Å². The summed E-state index contributed by atoms with van der Waals surface area (Å²) < 4.78 is 0. The van der Waals surface area contributed by atoms with Crippen LogP contribution in [-0.4, -0.2) is 21.0 Å². The van der Waals surface area contributed by atoms with Crippen molar-refractivity contribution in [2.45, 2.75) is 0 Å². The largest absolute Gasteiger partial charge is 0.478 e. The maximum atomic E-state index is 10.4. The van der Waals surface area contributed by atoms with Crippen LogP contribution in [0, 0.1) is 11.3 Å². The summed E-state index contributed by atoms with van der Waals surface area (Å²) in [6.07, 6.45) is 0.996. The summed E-state index contributed by atoms with van der Waals surface area (Å²) in [7, 11) is 0. The second-order valence-electron chi connectivity index (χ2n) is 1.82. The minimum Gasteiger partial charge on any atom is -0.478 e. The zero-order chi connectivity index (χ0) is 9.14. The molecule has 1 N–H and O–H groups in total. The molecule has 0 aliphatic heterocycles. The summed E-state index contributed by atoms with van der Waals surface area (Å²) >= 11 is 5.33. The Morgan fingerprint density at radius 3 is 2.92 bits per heavy atom. The average Bonchev–Trinajstić information content (AvgIpc) is 2.03. The lowest BCUT2D eigenvalue weighted by atomic mass is 10.2. The lowest BCUT2D eigenvalue weighted by Crippen LogP contribution is -2.03. The van der Waals surface area contributed by atoms with Crippen molar-refractivity contribution in [2.24, 2.45) is 0 Å². The molecule has 1 aromatic rings. The number of nitrogens with zero attached hydrogens (tertiary/aromatic N) is 3. The monoisotopic (exact) mass is 183 g/mol. The van der Waals surface area contributed by atoms with Crippen LogP contribution in [-0.2, 0) is 0 Å². The second-order valence-corrected chi connectivity index (χ2v) is 2.16. The third-order valence-corrected chi connectivity index (χ3v) is 1.28. The molecule has 0 aliphatic rings. The van der Waals surface area contributed by atoms with Gasteiger partial charge in [-0.05, 0) is 11.6 Å². The van der Waals surface area contributed by atoms with E-state index in [2.05, 4.69) is 9.97 Å². The van der Waals surface area contributed by atoms with Gasteiger partial charge in [0.15, 0.2) is 5.69 Å². The Morgan fingerprint density at radius 1 is 1.75 bits per heavy atom. The van der Waals surface area contributed by atoms with E-state index in [0.29, 0.717) is 0 Å². The van der Waals surface area contributed by atoms with Crippen LogP contribution in [0.2, 0.25) is 5.28 Å². The average molecular weight is 184 g/mol. The van der Waals surface area contributed by atoms with Gasteiger partial charge in [0.25, 0.3) is 0 Å². The van der Waals surface area contributed by atoms with Crippen LogP contribution in [0.4, 0.5) is 0 Å². The van der Waals surface area contributed by atoms with Gasteiger partial charge in [-0.1, -0.05) is 0 Å². The van der Waals surface area contributed by atoms with Gasteiger partial charge in [0, 0.05) is 6.20 Å². The van der Waals surface area contributed by atoms with Gasteiger partial charge in [0.05, 0.1) is 0 Å². The van der Waals surface area contributed by atoms with E-state index in [9.17, 15) is 4.79 Å². The fourth-order valence-corrected chi connectivity index (χ4v) is 0.735. The summed E-state index contributed by atoms with van der Waals surface area (Å²) in [5, 5.41) is 16.8. The number of aromatic carboxylic acids is 1. The smallest absolute Gasteiger partial charge is 0.340 e. The molecule has 0 radical (unpaired) electrons. The first-order chi connectivity index (χ1) is 5.65. The van der Waals surface area contributed by atoms with Gasteiger partial charge in [-0.25, -0.2) is 14.8 Å². The molecule has 1 heterocycles. The number of nitriles is 1. The summed E-state index contributed by atoms with van der Waals surface area (Å²) in [6.45, 7) is 0. The molecule has 1 rings (SSSR count). The SMILES string of the molecule is N#Cc1nc(Cl)ncc1C(=O)O. The topological polar surface area (TPSA) is 86.9 Å². The van der Waals surface area contributed by atoms with Gasteiger partial charge in [-0.3, -0.25) is 0 Å². The van der Waals surface area contributed by atoms with Crippen molar-refractivity contribution in [3.8, 4) is 6.07 Å². The van der Waals surface area contributed by atoms with Gasteiger partial charge in [-0.15, -0.1) is 0 Å². The number of carboxylic acids is 1. The first kappa shape index (κ1) is 8.43. The molecule has 1 aromatic heterocycles. The van der Waals surface area contributed by atoms with Crippen LogP contribution in [0.3, 0.4) is 0 Å². The Hall–Kier alpha value is -1.67. The molecule has 0 unspecified atom stereocenters. The van der Waals surface area contributed by atoms with E-state index in [1.165, 1.54) is 0 Å². The van der Waals surface area contributed by atoms with Crippen molar-refractivity contribution in [1.29, 1.82) is 5.26 Å². The van der Waals surface area contributed by atoms with E-state index in [1.54, 1.807) is 6.07 Å². The fraction of sp³-hybridized carbons (Fsp3) is 0. The highest BCUT2D eigenvalue weighted by Crippen LogP contribution is 2.06. The van der Waals surface area contributed by atoms with Gasteiger partial charge in [0.2, 0.25) is 5.28 Å². The van der Waals surface area contributed by atoms with Crippen molar-refractivity contribution in [2.75, 3.05) is 0 Å². The highest BCUT2D eigenvalue weighted by molar-refractivity contribution is 6.28. The summed E-state index contributed by atoms with van der Waals surface area (Å²) in [6, 6.07) is 1.60. The Kier molecular flexibility index (Phi) is 2.21. The number of halogens is 1. The molecule has 12 heavy (non-hydrogen) atoms. The van der Waals surface area contributed by atoms with Crippen LogP contribution in [0.15, 0.2) is 6.20 Å². The predicted molar refractivity (Wildman–Crippen MR) is 38.7 cm³/mol. The maximum Gasteiger partial charge on any atom is 0.340 e. The third kappa shape index (κ3) is 1.49. The highest BCUT2D eigenvalue weighted by Gasteiger charge is 2.11. The predicted octanol–water partition coefficient (Wildman–Crippen LogP) is 0.700. The highest BCUT2D eigenvalue weighted by atomic mass is 35.5. The lowest BCUT2D eigenvalue weighted by Gasteiger charge is -1.94. The van der Waals surface area contributed by atoms with Gasteiger partial charge < -0.3 is 5.11 Å². The maximum absolute atomic E-state index is 10.4. The molecule has 0 saturated carbocycles. The van der Waals surface area contributed by atoms with Crippen molar-refractivity contribution < 1.29 is 9.90 Å². The Bertz CT molecular complexity index is 372. The number of rotatable bonds is 1. The van der Waals surface area contributed by atoms with Crippen molar-refractivity contribution in [3.63, 3.8) is 0 Å². The normalized spacial score (nSPS) is 9.00. The molecule has 0 aromatic carbocycles. The quantitative estimate of drug-likeness (QED) is 0.648. The number of carbonyl (C=O) groups is 1. The molecular formula is C6H2ClN3O2. The Morgan fingerprint density at radius 2 is 2.42 bits per heavy atom. The zero-order valence-corrected chi connectivity index (χ0v) is 6.41. The van der Waals surface area contributed by atoms with Crippen LogP contribution in [0.1, 0.15) is 16.1 Å². The molecule has 0 spiro atoms. The van der Waals surface area contributed by atoms with Crippen molar-refractivity contribution in [1.82, 2.24) is 9.97 Å². The zero-order valence-electron chi connectivity index (χ0n) is 5.65. The second kappa shape index (κ2) is 3.15. The van der Waals surface area contributed by atoms with Gasteiger partial charge in [-0.2, -0.15) is 5.26 Å². The molecule has 0 saturated heterocycles. The van der Waals surface area contributed by atoms with E-state index < -0.39 is 5.97 Å². The molecule has 5 nitrogen and oxygen atoms in total. The number of aromatic nitrogens is 2. The molecule has 0 aliphatic carbocycles. The first-order valence-corrected chi connectivity index (χ1v) is 3.19. The molecule has 0 amide bonds. The minimum absolute atomic E-state index is 0.142. The number of hydrogen-bond acceptors (Lipinski definition) is 4. The van der Waals surface area contributed by atoms with Gasteiger partial charge in [0.1, 0.15) is 11.6 Å². The Balaban J connectivity index is 3.32. The van der Waals surface area contributed by atoms with E-state index >= 15 is 0 Å². The Labute approximate surface area is 72.3 Å². The first-order valence-electron chi connectivity index (χ1n) is 2.81. The summed E-state index contributed by atoms with van der Waals surface area (Å²) in [5.74, 6) is -1.25. The van der Waals surface area contributed by atoms with Crippen LogP contribution >= 0.6 is 11.6 Å². The minimum atomic E-state index is -1.25. The van der Waals surface area contributed by atoms with Crippen LogP contribution in [0.25, 0.3) is 0 Å². The standard InChI is InChI=1S/C6H2ClN3O2/c7-6-9-2-3(5(11)12)4(1-8)10-6/h2H,(H,11,12). The molecule has 0 fully saturated rings. The van der Waals surface area contributed by atoms with Crippen molar-refractivity contribution >= 4 is 17.6 Å². The lowest BCUT2D eigenvalue weighted by molar-refractivity contribution is 0.0695. The van der Waals surface area contributed by atoms with Gasteiger partial charge >= 0.3 is 5.97 Å². The van der Waals surface area contributed by atoms with E-state index in [0.717, 1.165) is 6.20 Å². The van der Waals surface area contributed by atoms with E-state index in [1.807, 2.05) is 0 Å². The molecule has 0 atom stereocenters. The van der Waals surface area contributed by atoms with Crippen molar-refractivity contribution in [3.05, 3.63) is 22.7 Å². The fourth-order valence-electron chi connectivity index (χ4n) is 0.602. The molecule has 60 valence electrons. The molecule has 0 bridgehead atoms.